The molecule has 0 spiro atoms. The van der Waals surface area contributed by atoms with Gasteiger partial charge in [0.25, 0.3) is 0 Å². The van der Waals surface area contributed by atoms with Crippen molar-refractivity contribution in [3.63, 3.8) is 0 Å². The molecule has 0 amide bonds. The van der Waals surface area contributed by atoms with Crippen LogP contribution in [0.4, 0.5) is 5.69 Å². The van der Waals surface area contributed by atoms with Gasteiger partial charge in [0.05, 0.1) is 17.6 Å². The predicted molar refractivity (Wildman–Crippen MR) is 103 cm³/mol. The second kappa shape index (κ2) is 6.43. The average molecular weight is 320 g/mol. The summed E-state index contributed by atoms with van der Waals surface area (Å²) in [5.74, 6) is 0.618. The molecule has 0 saturated heterocycles. The molecule has 2 aromatic carbocycles. The number of hydrogen-bond acceptors (Lipinski definition) is 2. The first kappa shape index (κ1) is 16.8. The molecule has 1 heterocycles. The number of aliphatic imine (C=N–C) groups is 1. The summed E-state index contributed by atoms with van der Waals surface area (Å²) in [5, 5.41) is 0. The van der Waals surface area contributed by atoms with Gasteiger partial charge in [-0.05, 0) is 55.4 Å². The zero-order valence-electron chi connectivity index (χ0n) is 15.5. The third kappa shape index (κ3) is 2.54. The molecular formula is C22H28N2. The van der Waals surface area contributed by atoms with Gasteiger partial charge in [0, 0.05) is 12.6 Å². The maximum Gasteiger partial charge on any atom is 0.0919 e. The van der Waals surface area contributed by atoms with E-state index in [-0.39, 0.29) is 5.54 Å². The Morgan fingerprint density at radius 2 is 1.75 bits per heavy atom. The van der Waals surface area contributed by atoms with Crippen LogP contribution in [-0.2, 0) is 5.54 Å². The highest BCUT2D eigenvalue weighted by atomic mass is 15.2. The molecule has 2 nitrogen and oxygen atoms in total. The zero-order valence-corrected chi connectivity index (χ0v) is 15.5. The first-order valence-corrected chi connectivity index (χ1v) is 9.00. The maximum atomic E-state index is 4.68. The smallest absolute Gasteiger partial charge is 0.0919 e. The van der Waals surface area contributed by atoms with Crippen LogP contribution in [0.15, 0.2) is 47.5 Å². The van der Waals surface area contributed by atoms with Crippen molar-refractivity contribution in [3.05, 3.63) is 64.7 Å². The number of hydrogen-bond donors (Lipinski definition) is 0. The lowest BCUT2D eigenvalue weighted by atomic mass is 9.78. The topological polar surface area (TPSA) is 15.6 Å². The minimum Gasteiger partial charge on any atom is -0.352 e. The summed E-state index contributed by atoms with van der Waals surface area (Å²) in [6.07, 6.45) is 4.32. The summed E-state index contributed by atoms with van der Waals surface area (Å²) in [4.78, 5) is 6.92. The van der Waals surface area contributed by atoms with E-state index in [1.807, 2.05) is 6.34 Å². The minimum absolute atomic E-state index is 0.190. The fourth-order valence-corrected chi connectivity index (χ4v) is 3.98. The molecule has 0 radical (unpaired) electrons. The minimum atomic E-state index is -0.190. The second-order valence-corrected chi connectivity index (χ2v) is 7.03. The predicted octanol–water partition coefficient (Wildman–Crippen LogP) is 5.77. The molecule has 0 saturated carbocycles. The van der Waals surface area contributed by atoms with E-state index < -0.39 is 0 Å². The van der Waals surface area contributed by atoms with Gasteiger partial charge < -0.3 is 4.90 Å². The summed E-state index contributed by atoms with van der Waals surface area (Å²) in [6, 6.07) is 15.5. The molecule has 1 aliphatic heterocycles. The first-order chi connectivity index (χ1) is 11.5. The van der Waals surface area contributed by atoms with Crippen LogP contribution >= 0.6 is 0 Å². The van der Waals surface area contributed by atoms with Crippen LogP contribution in [0.5, 0.6) is 0 Å². The maximum absolute atomic E-state index is 4.68. The number of nitrogens with zero attached hydrogens (tertiary/aromatic N) is 2. The molecular weight excluding hydrogens is 292 g/mol. The van der Waals surface area contributed by atoms with Crippen molar-refractivity contribution in [2.24, 2.45) is 4.99 Å². The number of benzene rings is 2. The summed E-state index contributed by atoms with van der Waals surface area (Å²) in [5.41, 5.74) is 6.32. The van der Waals surface area contributed by atoms with Crippen LogP contribution in [0.3, 0.4) is 0 Å². The Morgan fingerprint density at radius 1 is 1.04 bits per heavy atom. The molecule has 0 N–H and O–H groups in total. The Hall–Kier alpha value is -2.09. The largest absolute Gasteiger partial charge is 0.352 e. The fraction of sp³-hybridized carbons (Fsp3) is 0.409. The van der Waals surface area contributed by atoms with Crippen LogP contribution in [0.25, 0.3) is 0 Å². The van der Waals surface area contributed by atoms with Gasteiger partial charge in [-0.3, -0.25) is 0 Å². The number of rotatable bonds is 4. The Kier molecular flexibility index (Phi) is 4.49. The highest BCUT2D eigenvalue weighted by molar-refractivity contribution is 5.72. The van der Waals surface area contributed by atoms with Gasteiger partial charge in [0.2, 0.25) is 0 Å². The monoisotopic (exact) mass is 320 g/mol. The number of fused-ring (bicyclic) bond motifs is 1. The molecule has 3 rings (SSSR count). The number of aryl methyl sites for hydroxylation is 1. The second-order valence-electron chi connectivity index (χ2n) is 7.03. The summed E-state index contributed by atoms with van der Waals surface area (Å²) < 4.78 is 0. The summed E-state index contributed by atoms with van der Waals surface area (Å²) in [6.45, 7) is 9.07. The van der Waals surface area contributed by atoms with E-state index in [0.717, 1.165) is 5.69 Å². The third-order valence-corrected chi connectivity index (χ3v) is 5.75. The van der Waals surface area contributed by atoms with Gasteiger partial charge in [-0.1, -0.05) is 50.2 Å². The van der Waals surface area contributed by atoms with Crippen molar-refractivity contribution >= 4 is 12.0 Å². The van der Waals surface area contributed by atoms with Crippen molar-refractivity contribution in [1.29, 1.82) is 0 Å². The molecule has 1 aliphatic rings. The SMILES string of the molecule is CCC(CC)c1ccc2c(c1)C(C)(c1ccccc1C)N(C)C=N2. The molecule has 0 aliphatic carbocycles. The first-order valence-electron chi connectivity index (χ1n) is 9.00. The molecule has 2 heteroatoms. The van der Waals surface area contributed by atoms with Crippen LogP contribution < -0.4 is 0 Å². The molecule has 2 aromatic rings. The molecule has 1 atom stereocenters. The lowest BCUT2D eigenvalue weighted by Crippen LogP contribution is -2.43. The average Bonchev–Trinajstić information content (AvgIpc) is 2.60. The quantitative estimate of drug-likeness (QED) is 0.698. The third-order valence-electron chi connectivity index (χ3n) is 5.75. The molecule has 0 aromatic heterocycles. The van der Waals surface area contributed by atoms with Crippen LogP contribution in [-0.4, -0.2) is 18.3 Å². The standard InChI is InChI=1S/C22H28N2/c1-6-17(7-2)18-12-13-21-20(14-18)22(4,24(5)15-23-21)19-11-9-8-10-16(19)3/h8-15,17H,6-7H2,1-5H3. The molecule has 1 unspecified atom stereocenters. The van der Waals surface area contributed by atoms with E-state index in [4.69, 9.17) is 0 Å². The highest BCUT2D eigenvalue weighted by Gasteiger charge is 2.38. The normalized spacial score (nSPS) is 19.7. The van der Waals surface area contributed by atoms with E-state index in [9.17, 15) is 0 Å². The van der Waals surface area contributed by atoms with Crippen LogP contribution in [0.1, 0.15) is 61.8 Å². The Bertz CT molecular complexity index is 758. The van der Waals surface area contributed by atoms with Crippen molar-refractivity contribution in [3.8, 4) is 0 Å². The van der Waals surface area contributed by atoms with Crippen molar-refractivity contribution in [1.82, 2.24) is 4.90 Å². The van der Waals surface area contributed by atoms with E-state index in [1.54, 1.807) is 0 Å². The Morgan fingerprint density at radius 3 is 2.42 bits per heavy atom. The van der Waals surface area contributed by atoms with Gasteiger partial charge in [-0.15, -0.1) is 0 Å². The fourth-order valence-electron chi connectivity index (χ4n) is 3.98. The van der Waals surface area contributed by atoms with E-state index in [0.29, 0.717) is 5.92 Å². The van der Waals surface area contributed by atoms with Crippen LogP contribution in [0, 0.1) is 6.92 Å². The summed E-state index contributed by atoms with van der Waals surface area (Å²) >= 11 is 0. The lowest BCUT2D eigenvalue weighted by Gasteiger charge is -2.43. The molecule has 126 valence electrons. The Labute approximate surface area is 146 Å². The zero-order chi connectivity index (χ0) is 17.3. The Balaban J connectivity index is 2.21. The molecule has 0 fully saturated rings. The van der Waals surface area contributed by atoms with E-state index in [1.165, 1.54) is 35.1 Å². The van der Waals surface area contributed by atoms with Crippen molar-refractivity contribution < 1.29 is 0 Å². The molecule has 24 heavy (non-hydrogen) atoms. The van der Waals surface area contributed by atoms with Crippen molar-refractivity contribution in [2.75, 3.05) is 7.05 Å². The van der Waals surface area contributed by atoms with Gasteiger partial charge in [-0.2, -0.15) is 0 Å². The summed E-state index contributed by atoms with van der Waals surface area (Å²) in [7, 11) is 2.13. The van der Waals surface area contributed by atoms with Gasteiger partial charge in [0.1, 0.15) is 0 Å². The van der Waals surface area contributed by atoms with Gasteiger partial charge >= 0.3 is 0 Å². The highest BCUT2D eigenvalue weighted by Crippen LogP contribution is 2.44. The lowest BCUT2D eigenvalue weighted by molar-refractivity contribution is 0.290. The molecule has 0 bridgehead atoms. The van der Waals surface area contributed by atoms with Gasteiger partial charge in [0.15, 0.2) is 0 Å². The van der Waals surface area contributed by atoms with E-state index in [2.05, 4.69) is 87.1 Å². The van der Waals surface area contributed by atoms with E-state index >= 15 is 0 Å². The van der Waals surface area contributed by atoms with Crippen molar-refractivity contribution in [2.45, 2.75) is 52.0 Å². The van der Waals surface area contributed by atoms with Gasteiger partial charge in [-0.25, -0.2) is 4.99 Å². The van der Waals surface area contributed by atoms with Crippen LogP contribution in [0.2, 0.25) is 0 Å².